The lowest BCUT2D eigenvalue weighted by Crippen LogP contribution is -2.53. The molecule has 0 bridgehead atoms. The third-order valence-electron chi connectivity index (χ3n) is 6.53. The van der Waals surface area contributed by atoms with Gasteiger partial charge in [0.25, 0.3) is 0 Å². The summed E-state index contributed by atoms with van der Waals surface area (Å²) in [5, 5.41) is 0. The van der Waals surface area contributed by atoms with Crippen molar-refractivity contribution in [1.29, 1.82) is 0 Å². The molecular formula is C22H29N3O3. The van der Waals surface area contributed by atoms with Gasteiger partial charge in [0, 0.05) is 58.0 Å². The number of piperazine rings is 1. The van der Waals surface area contributed by atoms with Crippen molar-refractivity contribution in [1.82, 2.24) is 14.7 Å². The van der Waals surface area contributed by atoms with Gasteiger partial charge in [-0.15, -0.1) is 0 Å². The first-order valence-corrected chi connectivity index (χ1v) is 10.4. The van der Waals surface area contributed by atoms with Gasteiger partial charge in [0.05, 0.1) is 0 Å². The van der Waals surface area contributed by atoms with Crippen LogP contribution in [0.15, 0.2) is 30.3 Å². The molecule has 3 fully saturated rings. The van der Waals surface area contributed by atoms with Gasteiger partial charge in [-0.25, -0.2) is 0 Å². The zero-order valence-corrected chi connectivity index (χ0v) is 16.5. The number of hydrogen-bond acceptors (Lipinski definition) is 3. The lowest BCUT2D eigenvalue weighted by Gasteiger charge is -2.38. The number of nitrogens with zero attached hydrogens (tertiary/aromatic N) is 3. The highest BCUT2D eigenvalue weighted by atomic mass is 16.2. The molecule has 6 nitrogen and oxygen atoms in total. The zero-order valence-electron chi connectivity index (χ0n) is 16.5. The molecule has 1 aromatic carbocycles. The SMILES string of the molecule is CC(=O)N1CCC(C(=O)N2CCN(C(=O)[C@H]3C[C@H]3c3ccccc3)CC2)CC1. The van der Waals surface area contributed by atoms with E-state index in [4.69, 9.17) is 0 Å². The summed E-state index contributed by atoms with van der Waals surface area (Å²) < 4.78 is 0. The van der Waals surface area contributed by atoms with E-state index in [0.29, 0.717) is 45.2 Å². The Morgan fingerprint density at radius 1 is 0.786 bits per heavy atom. The second-order valence-corrected chi connectivity index (χ2v) is 8.29. The molecule has 0 spiro atoms. The molecule has 0 aromatic heterocycles. The van der Waals surface area contributed by atoms with Gasteiger partial charge >= 0.3 is 0 Å². The van der Waals surface area contributed by atoms with Crippen LogP contribution < -0.4 is 0 Å². The first-order chi connectivity index (χ1) is 13.5. The molecule has 2 saturated heterocycles. The van der Waals surface area contributed by atoms with Crippen molar-refractivity contribution in [2.24, 2.45) is 11.8 Å². The van der Waals surface area contributed by atoms with Gasteiger partial charge in [0.2, 0.25) is 17.7 Å². The molecule has 1 saturated carbocycles. The fourth-order valence-electron chi connectivity index (χ4n) is 4.62. The van der Waals surface area contributed by atoms with Crippen LogP contribution in [0.4, 0.5) is 0 Å². The molecule has 2 aliphatic heterocycles. The quantitative estimate of drug-likeness (QED) is 0.799. The van der Waals surface area contributed by atoms with Crippen molar-refractivity contribution in [3.63, 3.8) is 0 Å². The maximum absolute atomic E-state index is 12.8. The molecular weight excluding hydrogens is 354 g/mol. The van der Waals surface area contributed by atoms with Gasteiger partial charge in [0.1, 0.15) is 0 Å². The van der Waals surface area contributed by atoms with Crippen LogP contribution in [0.3, 0.4) is 0 Å². The minimum Gasteiger partial charge on any atom is -0.343 e. The van der Waals surface area contributed by atoms with Gasteiger partial charge in [0.15, 0.2) is 0 Å². The predicted octanol–water partition coefficient (Wildman–Crippen LogP) is 1.72. The van der Waals surface area contributed by atoms with E-state index in [-0.39, 0.29) is 29.6 Å². The number of piperidine rings is 1. The number of hydrogen-bond donors (Lipinski definition) is 0. The predicted molar refractivity (Wildman–Crippen MR) is 105 cm³/mol. The number of rotatable bonds is 3. The summed E-state index contributed by atoms with van der Waals surface area (Å²) in [6.07, 6.45) is 2.44. The highest BCUT2D eigenvalue weighted by molar-refractivity contribution is 5.84. The number of carbonyl (C=O) groups excluding carboxylic acids is 3. The summed E-state index contributed by atoms with van der Waals surface area (Å²) in [4.78, 5) is 42.7. The number of likely N-dealkylation sites (tertiary alicyclic amines) is 1. The fraction of sp³-hybridized carbons (Fsp3) is 0.591. The van der Waals surface area contributed by atoms with Crippen LogP contribution in [0.25, 0.3) is 0 Å². The Labute approximate surface area is 166 Å². The summed E-state index contributed by atoms with van der Waals surface area (Å²) in [6.45, 7) is 5.45. The van der Waals surface area contributed by atoms with E-state index in [9.17, 15) is 14.4 Å². The average molecular weight is 383 g/mol. The Balaban J connectivity index is 1.24. The molecule has 150 valence electrons. The highest BCUT2D eigenvalue weighted by Gasteiger charge is 2.46. The van der Waals surface area contributed by atoms with E-state index in [2.05, 4.69) is 12.1 Å². The number of benzene rings is 1. The Bertz CT molecular complexity index is 735. The van der Waals surface area contributed by atoms with Crippen LogP contribution in [0.1, 0.15) is 37.7 Å². The summed E-state index contributed by atoms with van der Waals surface area (Å²) in [5.74, 6) is 1.02. The molecule has 3 aliphatic rings. The normalized spacial score (nSPS) is 25.5. The van der Waals surface area contributed by atoms with E-state index in [0.717, 1.165) is 19.3 Å². The van der Waals surface area contributed by atoms with Crippen molar-refractivity contribution in [3.05, 3.63) is 35.9 Å². The minimum atomic E-state index is 0.0174. The van der Waals surface area contributed by atoms with E-state index in [1.165, 1.54) is 5.56 Å². The van der Waals surface area contributed by atoms with E-state index in [1.807, 2.05) is 32.9 Å². The molecule has 0 N–H and O–H groups in total. The molecule has 1 aromatic rings. The van der Waals surface area contributed by atoms with Crippen LogP contribution >= 0.6 is 0 Å². The maximum Gasteiger partial charge on any atom is 0.226 e. The zero-order chi connectivity index (χ0) is 19.7. The topological polar surface area (TPSA) is 60.9 Å². The van der Waals surface area contributed by atoms with E-state index < -0.39 is 0 Å². The van der Waals surface area contributed by atoms with Gasteiger partial charge in [-0.1, -0.05) is 30.3 Å². The van der Waals surface area contributed by atoms with Crippen LogP contribution in [0.2, 0.25) is 0 Å². The monoisotopic (exact) mass is 383 g/mol. The van der Waals surface area contributed by atoms with Crippen LogP contribution in [-0.2, 0) is 14.4 Å². The Kier molecular flexibility index (Phi) is 5.38. The van der Waals surface area contributed by atoms with Crippen molar-refractivity contribution < 1.29 is 14.4 Å². The standard InChI is InChI=1S/C22H29N3O3/c1-16(26)23-9-7-18(8-10-23)21(27)24-11-13-25(14-12-24)22(28)20-15-19(20)17-5-3-2-4-6-17/h2-6,18-20H,7-15H2,1H3/t19-,20-/m0/s1. The summed E-state index contributed by atoms with van der Waals surface area (Å²) in [5.41, 5.74) is 1.26. The van der Waals surface area contributed by atoms with Gasteiger partial charge in [-0.3, -0.25) is 14.4 Å². The molecule has 2 heterocycles. The highest BCUT2D eigenvalue weighted by Crippen LogP contribution is 2.48. The molecule has 2 atom stereocenters. The third kappa shape index (κ3) is 3.91. The van der Waals surface area contributed by atoms with Crippen LogP contribution in [0, 0.1) is 11.8 Å². The molecule has 0 unspecified atom stereocenters. The molecule has 4 rings (SSSR count). The largest absolute Gasteiger partial charge is 0.343 e. The molecule has 3 amide bonds. The lowest BCUT2D eigenvalue weighted by molar-refractivity contribution is -0.144. The Morgan fingerprint density at radius 3 is 1.93 bits per heavy atom. The second-order valence-electron chi connectivity index (χ2n) is 8.29. The van der Waals surface area contributed by atoms with Gasteiger partial charge < -0.3 is 14.7 Å². The van der Waals surface area contributed by atoms with Crippen molar-refractivity contribution in [2.75, 3.05) is 39.3 Å². The van der Waals surface area contributed by atoms with Gasteiger partial charge in [-0.05, 0) is 30.7 Å². The number of carbonyl (C=O) groups is 3. The van der Waals surface area contributed by atoms with E-state index >= 15 is 0 Å². The smallest absolute Gasteiger partial charge is 0.226 e. The van der Waals surface area contributed by atoms with Crippen molar-refractivity contribution in [3.8, 4) is 0 Å². The summed E-state index contributed by atoms with van der Waals surface area (Å²) in [6, 6.07) is 10.3. The van der Waals surface area contributed by atoms with Gasteiger partial charge in [-0.2, -0.15) is 0 Å². The fourth-order valence-corrected chi connectivity index (χ4v) is 4.62. The van der Waals surface area contributed by atoms with Crippen molar-refractivity contribution in [2.45, 2.75) is 32.1 Å². The van der Waals surface area contributed by atoms with E-state index in [1.54, 1.807) is 6.92 Å². The summed E-state index contributed by atoms with van der Waals surface area (Å²) in [7, 11) is 0. The first kappa shape index (κ1) is 19.0. The first-order valence-electron chi connectivity index (χ1n) is 10.4. The second kappa shape index (κ2) is 7.94. The minimum absolute atomic E-state index is 0.0174. The Hall–Kier alpha value is -2.37. The third-order valence-corrected chi connectivity index (χ3v) is 6.53. The van der Waals surface area contributed by atoms with Crippen LogP contribution in [-0.4, -0.2) is 71.7 Å². The summed E-state index contributed by atoms with van der Waals surface area (Å²) >= 11 is 0. The maximum atomic E-state index is 12.8. The van der Waals surface area contributed by atoms with Crippen molar-refractivity contribution >= 4 is 17.7 Å². The molecule has 0 radical (unpaired) electrons. The average Bonchev–Trinajstić information content (AvgIpc) is 3.54. The molecule has 28 heavy (non-hydrogen) atoms. The lowest BCUT2D eigenvalue weighted by atomic mass is 9.95. The molecule has 1 aliphatic carbocycles. The molecule has 6 heteroatoms. The Morgan fingerprint density at radius 2 is 1.36 bits per heavy atom. The van der Waals surface area contributed by atoms with Crippen LogP contribution in [0.5, 0.6) is 0 Å². The number of amides is 3.